The minimum Gasteiger partial charge on any atom is -0.454 e. The molecule has 2 aliphatic rings. The van der Waals surface area contributed by atoms with Crippen LogP contribution < -0.4 is 19.7 Å². The molecule has 0 aliphatic carbocycles. The minimum atomic E-state index is -0.808. The predicted molar refractivity (Wildman–Crippen MR) is 109 cm³/mol. The van der Waals surface area contributed by atoms with Crippen molar-refractivity contribution in [1.82, 2.24) is 9.88 Å². The smallest absolute Gasteiger partial charge is 0.335 e. The van der Waals surface area contributed by atoms with Gasteiger partial charge in [0.25, 0.3) is 11.8 Å². The van der Waals surface area contributed by atoms with Crippen molar-refractivity contribution >= 4 is 40.5 Å². The third-order valence-electron chi connectivity index (χ3n) is 5.18. The maximum atomic E-state index is 13.2. The fraction of sp³-hybridized carbons (Fsp3) is 0.136. The van der Waals surface area contributed by atoms with Crippen LogP contribution in [0, 0.1) is 0 Å². The van der Waals surface area contributed by atoms with Gasteiger partial charge >= 0.3 is 6.03 Å². The van der Waals surface area contributed by atoms with Crippen molar-refractivity contribution in [2.45, 2.75) is 13.5 Å². The molecule has 1 saturated heterocycles. The molecule has 3 heterocycles. The summed E-state index contributed by atoms with van der Waals surface area (Å²) in [4.78, 5) is 39.0. The Balaban J connectivity index is 1.58. The molecule has 2 aromatic carbocycles. The second kappa shape index (κ2) is 6.77. The summed E-state index contributed by atoms with van der Waals surface area (Å²) in [5.74, 6) is -0.462. The van der Waals surface area contributed by atoms with Crippen molar-refractivity contribution in [3.8, 4) is 11.5 Å². The molecule has 8 nitrogen and oxygen atoms in total. The molecule has 0 bridgehead atoms. The van der Waals surface area contributed by atoms with E-state index >= 15 is 0 Å². The fourth-order valence-corrected chi connectivity index (χ4v) is 3.72. The summed E-state index contributed by atoms with van der Waals surface area (Å²) in [5.41, 5.74) is 1.90. The van der Waals surface area contributed by atoms with Crippen molar-refractivity contribution in [3.05, 3.63) is 59.8 Å². The van der Waals surface area contributed by atoms with Crippen molar-refractivity contribution < 1.29 is 23.9 Å². The first-order valence-electron chi connectivity index (χ1n) is 9.46. The molecule has 0 spiro atoms. The first kappa shape index (κ1) is 18.0. The van der Waals surface area contributed by atoms with Crippen molar-refractivity contribution in [2.24, 2.45) is 0 Å². The molecule has 1 aromatic heterocycles. The van der Waals surface area contributed by atoms with Crippen LogP contribution in [0.4, 0.5) is 10.5 Å². The number of rotatable bonds is 3. The number of aryl methyl sites for hydroxylation is 1. The molecule has 1 N–H and O–H groups in total. The number of anilines is 1. The van der Waals surface area contributed by atoms with Gasteiger partial charge in [0.05, 0.1) is 5.69 Å². The largest absolute Gasteiger partial charge is 0.454 e. The highest BCUT2D eigenvalue weighted by atomic mass is 16.7. The Hall–Kier alpha value is -4.07. The van der Waals surface area contributed by atoms with Crippen LogP contribution in [0.15, 0.2) is 54.2 Å². The summed E-state index contributed by atoms with van der Waals surface area (Å²) < 4.78 is 12.6. The molecular weight excluding hydrogens is 386 g/mol. The zero-order valence-electron chi connectivity index (χ0n) is 16.0. The van der Waals surface area contributed by atoms with Gasteiger partial charge in [0.2, 0.25) is 6.79 Å². The average Bonchev–Trinajstić information content (AvgIpc) is 3.35. The van der Waals surface area contributed by atoms with Crippen LogP contribution in [-0.4, -0.2) is 29.2 Å². The molecule has 0 atom stereocenters. The number of benzene rings is 2. The number of imide groups is 2. The average molecular weight is 403 g/mol. The monoisotopic (exact) mass is 403 g/mol. The van der Waals surface area contributed by atoms with Crippen molar-refractivity contribution in [1.29, 1.82) is 0 Å². The number of para-hydroxylation sites is 1. The zero-order valence-corrected chi connectivity index (χ0v) is 16.0. The summed E-state index contributed by atoms with van der Waals surface area (Å²) in [6.07, 6.45) is 3.41. The van der Waals surface area contributed by atoms with Gasteiger partial charge in [-0.05, 0) is 31.2 Å². The molecule has 0 saturated carbocycles. The van der Waals surface area contributed by atoms with E-state index in [0.717, 1.165) is 27.9 Å². The van der Waals surface area contributed by atoms with Gasteiger partial charge < -0.3 is 14.0 Å². The van der Waals surface area contributed by atoms with Crippen LogP contribution in [0.1, 0.15) is 12.5 Å². The fourth-order valence-electron chi connectivity index (χ4n) is 3.72. The molecule has 4 amide bonds. The van der Waals surface area contributed by atoms with Crippen LogP contribution in [0.3, 0.4) is 0 Å². The Morgan fingerprint density at radius 3 is 2.70 bits per heavy atom. The van der Waals surface area contributed by atoms with Crippen LogP contribution in [0.5, 0.6) is 11.5 Å². The lowest BCUT2D eigenvalue weighted by Gasteiger charge is -2.26. The van der Waals surface area contributed by atoms with E-state index in [4.69, 9.17) is 9.47 Å². The van der Waals surface area contributed by atoms with Crippen LogP contribution in [0.25, 0.3) is 17.0 Å². The predicted octanol–water partition coefficient (Wildman–Crippen LogP) is 3.06. The van der Waals surface area contributed by atoms with E-state index in [2.05, 4.69) is 5.32 Å². The lowest BCUT2D eigenvalue weighted by atomic mass is 10.1. The molecule has 8 heteroatoms. The van der Waals surface area contributed by atoms with Crippen LogP contribution >= 0.6 is 0 Å². The summed E-state index contributed by atoms with van der Waals surface area (Å²) in [7, 11) is 0. The number of nitrogens with zero attached hydrogens (tertiary/aromatic N) is 2. The molecule has 5 rings (SSSR count). The standard InChI is InChI=1S/C22H17N3O5/c1-2-24-11-13(15-5-3-4-6-17(15)24)9-16-20(26)23-22(28)25(21(16)27)14-7-8-18-19(10-14)30-12-29-18/h3-11H,2,12H2,1H3,(H,23,26,28)/b16-9-. The summed E-state index contributed by atoms with van der Waals surface area (Å²) in [6, 6.07) is 11.7. The van der Waals surface area contributed by atoms with E-state index in [1.54, 1.807) is 12.1 Å². The maximum Gasteiger partial charge on any atom is 0.335 e. The number of nitrogens with one attached hydrogen (secondary N) is 1. The van der Waals surface area contributed by atoms with Gasteiger partial charge in [-0.1, -0.05) is 18.2 Å². The lowest BCUT2D eigenvalue weighted by Crippen LogP contribution is -2.54. The number of carbonyl (C=O) groups excluding carboxylic acids is 3. The van der Waals surface area contributed by atoms with Crippen LogP contribution in [-0.2, 0) is 16.1 Å². The molecule has 30 heavy (non-hydrogen) atoms. The van der Waals surface area contributed by atoms with Crippen LogP contribution in [0.2, 0.25) is 0 Å². The van der Waals surface area contributed by atoms with Crippen molar-refractivity contribution in [2.75, 3.05) is 11.7 Å². The van der Waals surface area contributed by atoms with Crippen molar-refractivity contribution in [3.63, 3.8) is 0 Å². The molecule has 2 aliphatic heterocycles. The van der Waals surface area contributed by atoms with E-state index in [9.17, 15) is 14.4 Å². The maximum absolute atomic E-state index is 13.2. The first-order chi connectivity index (χ1) is 14.6. The normalized spacial score (nSPS) is 17.2. The molecule has 3 aromatic rings. The molecule has 0 radical (unpaired) electrons. The third-order valence-corrected chi connectivity index (χ3v) is 5.18. The number of urea groups is 1. The molecule has 1 fully saturated rings. The first-order valence-corrected chi connectivity index (χ1v) is 9.46. The summed E-state index contributed by atoms with van der Waals surface area (Å²) in [6.45, 7) is 2.83. The Morgan fingerprint density at radius 2 is 1.87 bits per heavy atom. The van der Waals surface area contributed by atoms with E-state index < -0.39 is 17.8 Å². The lowest BCUT2D eigenvalue weighted by molar-refractivity contribution is -0.122. The number of aromatic nitrogens is 1. The number of hydrogen-bond acceptors (Lipinski definition) is 5. The molecule has 150 valence electrons. The number of carbonyl (C=O) groups is 3. The second-order valence-electron chi connectivity index (χ2n) is 6.88. The Kier molecular flexibility index (Phi) is 4.06. The zero-order chi connectivity index (χ0) is 20.8. The quantitative estimate of drug-likeness (QED) is 0.536. The van der Waals surface area contributed by atoms with Gasteiger partial charge in [-0.25, -0.2) is 9.69 Å². The van der Waals surface area contributed by atoms with E-state index in [-0.39, 0.29) is 18.1 Å². The number of amides is 4. The number of fused-ring (bicyclic) bond motifs is 2. The number of hydrogen-bond donors (Lipinski definition) is 1. The Bertz CT molecular complexity index is 1260. The van der Waals surface area contributed by atoms with E-state index in [1.165, 1.54) is 12.1 Å². The van der Waals surface area contributed by atoms with E-state index in [1.807, 2.05) is 42.0 Å². The Morgan fingerprint density at radius 1 is 1.07 bits per heavy atom. The van der Waals surface area contributed by atoms with E-state index in [0.29, 0.717) is 11.5 Å². The highest BCUT2D eigenvalue weighted by molar-refractivity contribution is 6.39. The highest BCUT2D eigenvalue weighted by Crippen LogP contribution is 2.36. The van der Waals surface area contributed by atoms with Gasteiger partial charge in [-0.2, -0.15) is 0 Å². The van der Waals surface area contributed by atoms with Gasteiger partial charge in [-0.3, -0.25) is 14.9 Å². The van der Waals surface area contributed by atoms with Gasteiger partial charge in [0, 0.05) is 35.3 Å². The van der Waals surface area contributed by atoms with Gasteiger partial charge in [0.15, 0.2) is 11.5 Å². The Labute approximate surface area is 171 Å². The molecular formula is C22H17N3O5. The van der Waals surface area contributed by atoms with Gasteiger partial charge in [-0.15, -0.1) is 0 Å². The number of barbiturate groups is 1. The van der Waals surface area contributed by atoms with Gasteiger partial charge in [0.1, 0.15) is 5.57 Å². The third kappa shape index (κ3) is 2.73. The molecule has 0 unspecified atom stereocenters. The number of ether oxygens (including phenoxy) is 2. The minimum absolute atomic E-state index is 0.0735. The topological polar surface area (TPSA) is 89.9 Å². The summed E-state index contributed by atoms with van der Waals surface area (Å²) in [5, 5.41) is 3.16. The SMILES string of the molecule is CCn1cc(/C=C2/C(=O)NC(=O)N(c3ccc4c(c3)OCO4)C2=O)c2ccccc21. The second-order valence-corrected chi connectivity index (χ2v) is 6.88. The highest BCUT2D eigenvalue weighted by Gasteiger charge is 2.37. The summed E-state index contributed by atoms with van der Waals surface area (Å²) >= 11 is 0.